The fourth-order valence-electron chi connectivity index (χ4n) is 2.60. The maximum Gasteiger partial charge on any atom is 0.133 e. The van der Waals surface area contributed by atoms with Gasteiger partial charge in [0.05, 0.1) is 6.10 Å². The second-order valence-electron chi connectivity index (χ2n) is 6.11. The van der Waals surface area contributed by atoms with Crippen molar-refractivity contribution < 1.29 is 4.74 Å². The molecule has 1 fully saturated rings. The van der Waals surface area contributed by atoms with Crippen LogP contribution >= 0.6 is 11.6 Å². The van der Waals surface area contributed by atoms with Crippen LogP contribution in [0.4, 0.5) is 0 Å². The molecule has 1 saturated carbocycles. The van der Waals surface area contributed by atoms with Crippen LogP contribution in [-0.4, -0.2) is 11.7 Å². The molecule has 1 nitrogen and oxygen atoms in total. The molecule has 1 unspecified atom stereocenters. The topological polar surface area (TPSA) is 9.23 Å². The zero-order valence-corrected chi connectivity index (χ0v) is 13.1. The third kappa shape index (κ3) is 7.63. The third-order valence-electron chi connectivity index (χ3n) is 3.90. The van der Waals surface area contributed by atoms with Gasteiger partial charge in [0.1, 0.15) is 5.56 Å². The molecule has 0 saturated heterocycles. The van der Waals surface area contributed by atoms with Crippen LogP contribution in [0.2, 0.25) is 0 Å². The largest absolute Gasteiger partial charge is 0.359 e. The van der Waals surface area contributed by atoms with Gasteiger partial charge in [-0.2, -0.15) is 0 Å². The van der Waals surface area contributed by atoms with Crippen LogP contribution in [0.5, 0.6) is 0 Å². The number of rotatable bonds is 3. The number of hydrogen-bond acceptors (Lipinski definition) is 1. The van der Waals surface area contributed by atoms with Gasteiger partial charge >= 0.3 is 0 Å². The highest BCUT2D eigenvalue weighted by Crippen LogP contribution is 2.22. The van der Waals surface area contributed by atoms with Crippen molar-refractivity contribution in [2.45, 2.75) is 96.1 Å². The standard InChI is InChI=1S/C16H31ClO/c1-14(2)16(17)18-15-12-10-8-6-4-3-5-7-9-11-13-15/h14-16H,3-13H2,1-2H3. The summed E-state index contributed by atoms with van der Waals surface area (Å²) in [5.74, 6) is 0.410. The van der Waals surface area contributed by atoms with Gasteiger partial charge in [-0.25, -0.2) is 0 Å². The first-order chi connectivity index (χ1) is 8.70. The molecule has 2 heteroatoms. The monoisotopic (exact) mass is 274 g/mol. The molecule has 0 aliphatic heterocycles. The van der Waals surface area contributed by atoms with Crippen molar-refractivity contribution >= 4 is 11.6 Å². The van der Waals surface area contributed by atoms with Crippen LogP contribution in [0.25, 0.3) is 0 Å². The lowest BCUT2D eigenvalue weighted by Gasteiger charge is -2.23. The van der Waals surface area contributed by atoms with E-state index in [1.54, 1.807) is 0 Å². The van der Waals surface area contributed by atoms with E-state index < -0.39 is 0 Å². The minimum Gasteiger partial charge on any atom is -0.359 e. The minimum absolute atomic E-state index is 0.108. The number of halogens is 1. The van der Waals surface area contributed by atoms with Crippen LogP contribution < -0.4 is 0 Å². The second-order valence-corrected chi connectivity index (χ2v) is 6.54. The average molecular weight is 275 g/mol. The molecular weight excluding hydrogens is 244 g/mol. The third-order valence-corrected chi connectivity index (χ3v) is 4.51. The molecular formula is C16H31ClO. The molecule has 0 heterocycles. The predicted molar refractivity (Wildman–Crippen MR) is 80.1 cm³/mol. The van der Waals surface area contributed by atoms with Gasteiger partial charge in [0.2, 0.25) is 0 Å². The highest BCUT2D eigenvalue weighted by atomic mass is 35.5. The fraction of sp³-hybridized carbons (Fsp3) is 1.00. The van der Waals surface area contributed by atoms with Gasteiger partial charge in [0.25, 0.3) is 0 Å². The Bertz CT molecular complexity index is 182. The highest BCUT2D eigenvalue weighted by Gasteiger charge is 2.17. The average Bonchev–Trinajstić information content (AvgIpc) is 2.32. The van der Waals surface area contributed by atoms with E-state index in [4.69, 9.17) is 16.3 Å². The molecule has 0 aromatic heterocycles. The van der Waals surface area contributed by atoms with Crippen LogP contribution in [0.3, 0.4) is 0 Å². The van der Waals surface area contributed by atoms with Gasteiger partial charge in [-0.1, -0.05) is 83.2 Å². The van der Waals surface area contributed by atoms with E-state index in [1.165, 1.54) is 70.6 Å². The molecule has 0 bridgehead atoms. The maximum atomic E-state index is 6.25. The van der Waals surface area contributed by atoms with Gasteiger partial charge in [0.15, 0.2) is 0 Å². The van der Waals surface area contributed by atoms with E-state index in [2.05, 4.69) is 13.8 Å². The highest BCUT2D eigenvalue weighted by molar-refractivity contribution is 6.19. The summed E-state index contributed by atoms with van der Waals surface area (Å²) in [5.41, 5.74) is -0.108. The number of ether oxygens (including phenoxy) is 1. The van der Waals surface area contributed by atoms with Crippen molar-refractivity contribution in [3.05, 3.63) is 0 Å². The van der Waals surface area contributed by atoms with E-state index in [0.717, 1.165) is 0 Å². The first-order valence-electron chi connectivity index (χ1n) is 7.99. The Kier molecular flexibility index (Phi) is 9.14. The van der Waals surface area contributed by atoms with Gasteiger partial charge in [-0.15, -0.1) is 0 Å². The lowest BCUT2D eigenvalue weighted by Crippen LogP contribution is -2.22. The molecule has 18 heavy (non-hydrogen) atoms. The molecule has 0 N–H and O–H groups in total. The summed E-state index contributed by atoms with van der Waals surface area (Å²) in [4.78, 5) is 0. The Morgan fingerprint density at radius 3 is 1.56 bits per heavy atom. The van der Waals surface area contributed by atoms with Gasteiger partial charge < -0.3 is 4.74 Å². The van der Waals surface area contributed by atoms with E-state index in [0.29, 0.717) is 12.0 Å². The number of alkyl halides is 1. The summed E-state index contributed by atoms with van der Waals surface area (Å²) in [6.45, 7) is 4.26. The Morgan fingerprint density at radius 1 is 0.778 bits per heavy atom. The first kappa shape index (κ1) is 16.3. The van der Waals surface area contributed by atoms with Crippen LogP contribution in [0.15, 0.2) is 0 Å². The smallest absolute Gasteiger partial charge is 0.133 e. The molecule has 1 aliphatic carbocycles. The normalized spacial score (nSPS) is 23.3. The van der Waals surface area contributed by atoms with Crippen LogP contribution in [-0.2, 0) is 4.74 Å². The van der Waals surface area contributed by atoms with Crippen molar-refractivity contribution in [3.8, 4) is 0 Å². The van der Waals surface area contributed by atoms with Crippen molar-refractivity contribution in [2.75, 3.05) is 0 Å². The summed E-state index contributed by atoms with van der Waals surface area (Å²) in [5, 5.41) is 0. The Balaban J connectivity index is 2.31. The number of hydrogen-bond donors (Lipinski definition) is 0. The molecule has 0 aromatic carbocycles. The molecule has 1 aliphatic rings. The SMILES string of the molecule is CC(C)C(Cl)OC1CCCCCCCCCCC1. The Hall–Kier alpha value is 0.250. The molecule has 1 rings (SSSR count). The van der Waals surface area contributed by atoms with Crippen molar-refractivity contribution in [1.29, 1.82) is 0 Å². The molecule has 0 spiro atoms. The lowest BCUT2D eigenvalue weighted by atomic mass is 9.99. The van der Waals surface area contributed by atoms with E-state index in [-0.39, 0.29) is 5.56 Å². The van der Waals surface area contributed by atoms with Crippen molar-refractivity contribution in [2.24, 2.45) is 5.92 Å². The van der Waals surface area contributed by atoms with E-state index in [9.17, 15) is 0 Å². The first-order valence-corrected chi connectivity index (χ1v) is 8.43. The van der Waals surface area contributed by atoms with Crippen LogP contribution in [0.1, 0.15) is 84.5 Å². The fourth-order valence-corrected chi connectivity index (χ4v) is 2.75. The molecule has 0 radical (unpaired) electrons. The summed E-state index contributed by atoms with van der Waals surface area (Å²) < 4.78 is 6.02. The van der Waals surface area contributed by atoms with E-state index >= 15 is 0 Å². The van der Waals surface area contributed by atoms with Gasteiger partial charge in [-0.05, 0) is 18.8 Å². The summed E-state index contributed by atoms with van der Waals surface area (Å²) >= 11 is 6.25. The molecule has 108 valence electrons. The summed E-state index contributed by atoms with van der Waals surface area (Å²) in [6.07, 6.45) is 15.3. The molecule has 0 amide bonds. The lowest BCUT2D eigenvalue weighted by molar-refractivity contribution is -0.00190. The quantitative estimate of drug-likeness (QED) is 0.583. The predicted octanol–water partition coefficient (Wildman–Crippen LogP) is 5.90. The van der Waals surface area contributed by atoms with Crippen molar-refractivity contribution in [3.63, 3.8) is 0 Å². The zero-order valence-electron chi connectivity index (χ0n) is 12.3. The molecule has 1 atom stereocenters. The maximum absolute atomic E-state index is 6.25. The second kappa shape index (κ2) is 10.1. The van der Waals surface area contributed by atoms with Crippen molar-refractivity contribution in [1.82, 2.24) is 0 Å². The van der Waals surface area contributed by atoms with Crippen LogP contribution in [0, 0.1) is 5.92 Å². The van der Waals surface area contributed by atoms with E-state index in [1.807, 2.05) is 0 Å². The minimum atomic E-state index is -0.108. The summed E-state index contributed by atoms with van der Waals surface area (Å²) in [6, 6.07) is 0. The Labute approximate surface area is 119 Å². The van der Waals surface area contributed by atoms with Gasteiger partial charge in [0, 0.05) is 0 Å². The zero-order chi connectivity index (χ0) is 13.2. The van der Waals surface area contributed by atoms with Gasteiger partial charge in [-0.3, -0.25) is 0 Å². The summed E-state index contributed by atoms with van der Waals surface area (Å²) in [7, 11) is 0. The molecule has 0 aromatic rings. The Morgan fingerprint density at radius 2 is 1.17 bits per heavy atom.